The van der Waals surface area contributed by atoms with Crippen LogP contribution in [0.15, 0.2) is 22.7 Å². The molecule has 0 radical (unpaired) electrons. The van der Waals surface area contributed by atoms with Crippen molar-refractivity contribution in [3.05, 3.63) is 34.1 Å². The summed E-state index contributed by atoms with van der Waals surface area (Å²) >= 11 is 3.22. The fourth-order valence-corrected chi connectivity index (χ4v) is 1.96. The van der Waals surface area contributed by atoms with E-state index in [0.29, 0.717) is 10.0 Å². The van der Waals surface area contributed by atoms with E-state index in [9.17, 15) is 14.0 Å². The van der Waals surface area contributed by atoms with E-state index in [2.05, 4.69) is 21.2 Å². The number of rotatable bonds is 5. The summed E-state index contributed by atoms with van der Waals surface area (Å²) in [5, 5.41) is 11.3. The molecule has 0 atom stereocenters. The minimum absolute atomic E-state index is 0.0210. The molecule has 0 spiro atoms. The number of carboxylic acids is 1. The highest BCUT2D eigenvalue weighted by Gasteiger charge is 2.30. The topological polar surface area (TPSA) is 66.4 Å². The van der Waals surface area contributed by atoms with Gasteiger partial charge in [-0.15, -0.1) is 0 Å². The number of aliphatic carboxylic acids is 1. The second-order valence-electron chi connectivity index (χ2n) is 4.87. The van der Waals surface area contributed by atoms with Gasteiger partial charge in [-0.3, -0.25) is 9.59 Å². The van der Waals surface area contributed by atoms with E-state index in [4.69, 9.17) is 5.11 Å². The van der Waals surface area contributed by atoms with Crippen molar-refractivity contribution >= 4 is 27.8 Å². The van der Waals surface area contributed by atoms with E-state index in [1.54, 1.807) is 12.1 Å². The maximum absolute atomic E-state index is 13.5. The zero-order chi connectivity index (χ0) is 14.6. The van der Waals surface area contributed by atoms with Crippen molar-refractivity contribution in [1.82, 2.24) is 5.32 Å². The molecule has 0 unspecified atom stereocenters. The Morgan fingerprint density at radius 2 is 2.05 bits per heavy atom. The van der Waals surface area contributed by atoms with E-state index in [1.807, 2.05) is 0 Å². The summed E-state index contributed by atoms with van der Waals surface area (Å²) in [6, 6.07) is 4.43. The zero-order valence-corrected chi connectivity index (χ0v) is 12.3. The number of hydrogen-bond donors (Lipinski definition) is 2. The van der Waals surface area contributed by atoms with Crippen LogP contribution in [0.1, 0.15) is 25.8 Å². The molecule has 0 heterocycles. The highest BCUT2D eigenvalue weighted by Crippen LogP contribution is 2.21. The molecule has 0 aliphatic carbocycles. The molecule has 0 fully saturated rings. The van der Waals surface area contributed by atoms with Gasteiger partial charge in [0, 0.05) is 16.6 Å². The van der Waals surface area contributed by atoms with Crippen LogP contribution in [0.5, 0.6) is 0 Å². The van der Waals surface area contributed by atoms with Crippen LogP contribution in [0.25, 0.3) is 0 Å². The minimum atomic E-state index is -1.05. The Morgan fingerprint density at radius 1 is 1.42 bits per heavy atom. The van der Waals surface area contributed by atoms with Crippen LogP contribution in [-0.4, -0.2) is 17.0 Å². The van der Waals surface area contributed by atoms with Gasteiger partial charge < -0.3 is 10.4 Å². The summed E-state index contributed by atoms with van der Waals surface area (Å²) in [6.07, 6.45) is -0.278. The van der Waals surface area contributed by atoms with E-state index >= 15 is 0 Å². The fraction of sp³-hybridized carbons (Fsp3) is 0.385. The summed E-state index contributed by atoms with van der Waals surface area (Å²) in [7, 11) is 0. The molecule has 6 heteroatoms. The van der Waals surface area contributed by atoms with Gasteiger partial charge in [-0.2, -0.15) is 0 Å². The smallest absolute Gasteiger partial charge is 0.304 e. The number of carboxylic acid groups (broad SMARTS) is 1. The van der Waals surface area contributed by atoms with Crippen LogP contribution < -0.4 is 5.32 Å². The SMILES string of the molecule is CC(C)(CC(=O)O)C(=O)NCc1cc(Br)ccc1F. The predicted octanol–water partition coefficient (Wildman–Crippen LogP) is 2.71. The van der Waals surface area contributed by atoms with Crippen LogP contribution in [0, 0.1) is 11.2 Å². The molecular formula is C13H15BrFNO3. The normalized spacial score (nSPS) is 11.2. The van der Waals surface area contributed by atoms with Gasteiger partial charge in [0.15, 0.2) is 0 Å². The molecule has 0 bridgehead atoms. The Hall–Kier alpha value is -1.43. The predicted molar refractivity (Wildman–Crippen MR) is 72.0 cm³/mol. The molecule has 0 aliphatic rings. The van der Waals surface area contributed by atoms with Crippen LogP contribution in [0.2, 0.25) is 0 Å². The van der Waals surface area contributed by atoms with Gasteiger partial charge in [0.2, 0.25) is 5.91 Å². The Labute approximate surface area is 119 Å². The lowest BCUT2D eigenvalue weighted by Crippen LogP contribution is -2.38. The third-order valence-electron chi connectivity index (χ3n) is 2.66. The standard InChI is InChI=1S/C13H15BrFNO3/c1-13(2,6-11(17)18)12(19)16-7-8-5-9(14)3-4-10(8)15/h3-5H,6-7H2,1-2H3,(H,16,19)(H,17,18). The van der Waals surface area contributed by atoms with E-state index in [-0.39, 0.29) is 13.0 Å². The fourth-order valence-electron chi connectivity index (χ4n) is 1.55. The molecule has 2 N–H and O–H groups in total. The number of carbonyl (C=O) groups is 2. The van der Waals surface area contributed by atoms with Crippen molar-refractivity contribution < 1.29 is 19.1 Å². The van der Waals surface area contributed by atoms with E-state index < -0.39 is 23.1 Å². The lowest BCUT2D eigenvalue weighted by molar-refractivity contribution is -0.144. The lowest BCUT2D eigenvalue weighted by atomic mass is 9.88. The Balaban J connectivity index is 2.68. The average molecular weight is 332 g/mol. The van der Waals surface area contributed by atoms with Gasteiger partial charge in [0.05, 0.1) is 11.8 Å². The van der Waals surface area contributed by atoms with Gasteiger partial charge in [-0.05, 0) is 18.2 Å². The van der Waals surface area contributed by atoms with Gasteiger partial charge >= 0.3 is 5.97 Å². The highest BCUT2D eigenvalue weighted by atomic mass is 79.9. The largest absolute Gasteiger partial charge is 0.481 e. The highest BCUT2D eigenvalue weighted by molar-refractivity contribution is 9.10. The molecule has 1 rings (SSSR count). The Kier molecular flexibility index (Phi) is 5.05. The molecule has 0 saturated heterocycles. The van der Waals surface area contributed by atoms with Crippen LogP contribution >= 0.6 is 15.9 Å². The van der Waals surface area contributed by atoms with Crippen molar-refractivity contribution in [2.24, 2.45) is 5.41 Å². The molecular weight excluding hydrogens is 317 g/mol. The number of benzene rings is 1. The first-order valence-electron chi connectivity index (χ1n) is 5.66. The second kappa shape index (κ2) is 6.14. The number of hydrogen-bond acceptors (Lipinski definition) is 2. The van der Waals surface area contributed by atoms with Crippen molar-refractivity contribution in [2.75, 3.05) is 0 Å². The van der Waals surface area contributed by atoms with Gasteiger partial charge in [-0.1, -0.05) is 29.8 Å². The third-order valence-corrected chi connectivity index (χ3v) is 3.15. The van der Waals surface area contributed by atoms with Gasteiger partial charge in [0.25, 0.3) is 0 Å². The molecule has 104 valence electrons. The molecule has 1 aromatic rings. The minimum Gasteiger partial charge on any atom is -0.481 e. The molecule has 19 heavy (non-hydrogen) atoms. The summed E-state index contributed by atoms with van der Waals surface area (Å²) < 4.78 is 14.2. The summed E-state index contributed by atoms with van der Waals surface area (Å²) in [5.41, 5.74) is -0.692. The average Bonchev–Trinajstić information content (AvgIpc) is 2.28. The molecule has 4 nitrogen and oxygen atoms in total. The van der Waals surface area contributed by atoms with Crippen molar-refractivity contribution in [3.63, 3.8) is 0 Å². The molecule has 1 amide bonds. The first kappa shape index (κ1) is 15.6. The molecule has 0 saturated carbocycles. The van der Waals surface area contributed by atoms with Gasteiger partial charge in [0.1, 0.15) is 5.82 Å². The Bertz CT molecular complexity index is 503. The van der Waals surface area contributed by atoms with Crippen LogP contribution in [-0.2, 0) is 16.1 Å². The summed E-state index contributed by atoms with van der Waals surface area (Å²) in [5.74, 6) is -1.89. The molecule has 1 aromatic carbocycles. The van der Waals surface area contributed by atoms with E-state index in [1.165, 1.54) is 19.9 Å². The summed E-state index contributed by atoms with van der Waals surface area (Å²) in [4.78, 5) is 22.5. The number of amides is 1. The number of halogens is 2. The van der Waals surface area contributed by atoms with E-state index in [0.717, 1.165) is 0 Å². The first-order valence-corrected chi connectivity index (χ1v) is 6.46. The van der Waals surface area contributed by atoms with Crippen molar-refractivity contribution in [3.8, 4) is 0 Å². The quantitative estimate of drug-likeness (QED) is 0.871. The number of carbonyl (C=O) groups excluding carboxylic acids is 1. The maximum atomic E-state index is 13.5. The van der Waals surface area contributed by atoms with Crippen molar-refractivity contribution in [2.45, 2.75) is 26.8 Å². The summed E-state index contributed by atoms with van der Waals surface area (Å²) in [6.45, 7) is 3.09. The monoisotopic (exact) mass is 331 g/mol. The first-order chi connectivity index (χ1) is 8.72. The Morgan fingerprint density at radius 3 is 2.63 bits per heavy atom. The zero-order valence-electron chi connectivity index (χ0n) is 10.7. The maximum Gasteiger partial charge on any atom is 0.304 e. The number of nitrogens with one attached hydrogen (secondary N) is 1. The second-order valence-corrected chi connectivity index (χ2v) is 5.79. The molecule has 0 aliphatic heterocycles. The third kappa shape index (κ3) is 4.63. The van der Waals surface area contributed by atoms with Gasteiger partial charge in [-0.25, -0.2) is 4.39 Å². The van der Waals surface area contributed by atoms with Crippen molar-refractivity contribution in [1.29, 1.82) is 0 Å². The molecule has 0 aromatic heterocycles. The van der Waals surface area contributed by atoms with Crippen LogP contribution in [0.3, 0.4) is 0 Å². The lowest BCUT2D eigenvalue weighted by Gasteiger charge is -2.21. The van der Waals surface area contributed by atoms with Crippen LogP contribution in [0.4, 0.5) is 4.39 Å².